The molecular formula is C42H48N2O4S2. The summed E-state index contributed by atoms with van der Waals surface area (Å²) in [5.74, 6) is 2.65. The maximum absolute atomic E-state index is 14.4. The molecule has 0 bridgehead atoms. The number of thiophene rings is 2. The van der Waals surface area contributed by atoms with Gasteiger partial charge < -0.3 is 19.3 Å². The van der Waals surface area contributed by atoms with Gasteiger partial charge in [0, 0.05) is 13.1 Å². The van der Waals surface area contributed by atoms with Crippen LogP contribution in [-0.2, 0) is 22.4 Å². The largest absolute Gasteiger partial charge is 0.493 e. The van der Waals surface area contributed by atoms with Gasteiger partial charge in [-0.15, -0.1) is 22.7 Å². The van der Waals surface area contributed by atoms with Crippen molar-refractivity contribution in [3.05, 3.63) is 116 Å². The Morgan fingerprint density at radius 2 is 0.960 bits per heavy atom. The van der Waals surface area contributed by atoms with E-state index in [1.54, 1.807) is 22.7 Å². The average Bonchev–Trinajstić information content (AvgIpc) is 3.92. The molecule has 50 heavy (non-hydrogen) atoms. The highest BCUT2D eigenvalue weighted by molar-refractivity contribution is 7.11. The zero-order valence-electron chi connectivity index (χ0n) is 29.7. The summed E-state index contributed by atoms with van der Waals surface area (Å²) in [5, 5.41) is 4.03. The maximum Gasteiger partial charge on any atom is 0.261 e. The van der Waals surface area contributed by atoms with E-state index in [1.165, 1.54) is 11.1 Å². The molecule has 2 aliphatic rings. The molecule has 0 saturated heterocycles. The van der Waals surface area contributed by atoms with Gasteiger partial charge in [-0.05, 0) is 109 Å². The molecule has 0 saturated carbocycles. The molecule has 4 aromatic rings. The van der Waals surface area contributed by atoms with Crippen LogP contribution in [0, 0.1) is 11.8 Å². The number of benzene rings is 2. The molecule has 0 radical (unpaired) electrons. The number of ether oxygens (including phenoxy) is 2. The topological polar surface area (TPSA) is 59.1 Å². The molecule has 0 spiro atoms. The number of unbranched alkanes of at least 4 members (excludes halogenated alkanes) is 2. The third kappa shape index (κ3) is 8.41. The van der Waals surface area contributed by atoms with Crippen LogP contribution < -0.4 is 9.47 Å². The summed E-state index contributed by atoms with van der Waals surface area (Å²) >= 11 is 3.16. The normalized spacial score (nSPS) is 14.6. The molecule has 0 aliphatic carbocycles. The fraction of sp³-hybridized carbons (Fsp3) is 0.381. The van der Waals surface area contributed by atoms with Gasteiger partial charge in [-0.2, -0.15) is 0 Å². The van der Waals surface area contributed by atoms with Crippen LogP contribution in [0.5, 0.6) is 11.5 Å². The van der Waals surface area contributed by atoms with Gasteiger partial charge in [0.1, 0.15) is 11.5 Å². The zero-order chi connectivity index (χ0) is 35.0. The van der Waals surface area contributed by atoms with E-state index >= 15 is 0 Å². The maximum atomic E-state index is 14.4. The van der Waals surface area contributed by atoms with Crippen LogP contribution >= 0.6 is 22.7 Å². The van der Waals surface area contributed by atoms with Crippen LogP contribution in [0.4, 0.5) is 0 Å². The minimum atomic E-state index is -0.0610. The summed E-state index contributed by atoms with van der Waals surface area (Å²) in [6.45, 7) is 11.1. The highest BCUT2D eigenvalue weighted by Crippen LogP contribution is 2.48. The van der Waals surface area contributed by atoms with Gasteiger partial charge in [-0.1, -0.05) is 64.1 Å². The van der Waals surface area contributed by atoms with E-state index in [-0.39, 0.29) is 11.8 Å². The summed E-state index contributed by atoms with van der Waals surface area (Å²) in [7, 11) is 0. The Morgan fingerprint density at radius 1 is 0.560 bits per heavy atom. The van der Waals surface area contributed by atoms with Crippen LogP contribution in [0.1, 0.15) is 74.3 Å². The van der Waals surface area contributed by atoms with Gasteiger partial charge in [0.05, 0.1) is 45.5 Å². The van der Waals surface area contributed by atoms with Gasteiger partial charge >= 0.3 is 0 Å². The summed E-state index contributed by atoms with van der Waals surface area (Å²) < 4.78 is 11.7. The highest BCUT2D eigenvalue weighted by Gasteiger charge is 2.48. The lowest BCUT2D eigenvalue weighted by Crippen LogP contribution is -2.30. The van der Waals surface area contributed by atoms with Crippen LogP contribution in [0.3, 0.4) is 0 Å². The number of hydrogen-bond donors (Lipinski definition) is 0. The minimum Gasteiger partial charge on any atom is -0.493 e. The lowest BCUT2D eigenvalue weighted by Gasteiger charge is -2.24. The van der Waals surface area contributed by atoms with Gasteiger partial charge in [-0.3, -0.25) is 9.59 Å². The Kier molecular flexibility index (Phi) is 11.9. The smallest absolute Gasteiger partial charge is 0.261 e. The lowest BCUT2D eigenvalue weighted by molar-refractivity contribution is -0.124. The van der Waals surface area contributed by atoms with E-state index in [1.807, 2.05) is 69.1 Å². The molecule has 0 atom stereocenters. The molecular weight excluding hydrogens is 661 g/mol. The monoisotopic (exact) mass is 708 g/mol. The molecule has 262 valence electrons. The van der Waals surface area contributed by atoms with Gasteiger partial charge in [-0.25, -0.2) is 0 Å². The van der Waals surface area contributed by atoms with Gasteiger partial charge in [0.2, 0.25) is 0 Å². The zero-order valence-corrected chi connectivity index (χ0v) is 31.3. The molecule has 2 amide bonds. The number of aryl methyl sites for hydroxylation is 2. The second-order valence-electron chi connectivity index (χ2n) is 13.9. The number of carbonyl (C=O) groups excluding carboxylic acids is 2. The fourth-order valence-electron chi connectivity index (χ4n) is 6.39. The number of nitrogens with zero attached hydrogens (tertiary/aromatic N) is 2. The van der Waals surface area contributed by atoms with Crippen molar-refractivity contribution in [2.24, 2.45) is 11.8 Å². The van der Waals surface area contributed by atoms with Crippen LogP contribution in [0.25, 0.3) is 11.4 Å². The number of hydrogen-bond acceptors (Lipinski definition) is 6. The summed E-state index contributed by atoms with van der Waals surface area (Å²) in [4.78, 5) is 34.4. The molecule has 0 N–H and O–H groups in total. The van der Waals surface area contributed by atoms with Crippen LogP contribution in [0.15, 0.2) is 94.7 Å². The first-order valence-corrected chi connectivity index (χ1v) is 19.7. The van der Waals surface area contributed by atoms with Crippen molar-refractivity contribution in [1.82, 2.24) is 9.80 Å². The Bertz CT molecular complexity index is 1650. The number of rotatable bonds is 18. The Labute approximate surface area is 305 Å². The van der Waals surface area contributed by atoms with Crippen molar-refractivity contribution in [3.8, 4) is 11.5 Å². The molecule has 6 rings (SSSR count). The Hall–Kier alpha value is -4.14. The Morgan fingerprint density at radius 3 is 1.30 bits per heavy atom. The third-order valence-corrected chi connectivity index (χ3v) is 10.7. The molecule has 0 unspecified atom stereocenters. The predicted molar refractivity (Wildman–Crippen MR) is 205 cm³/mol. The number of fused-ring (bicyclic) bond motifs is 1. The molecule has 8 heteroatoms. The molecule has 2 aromatic heterocycles. The summed E-state index contributed by atoms with van der Waals surface area (Å²) in [6, 6.07) is 24.7. The number of amides is 2. The predicted octanol–water partition coefficient (Wildman–Crippen LogP) is 9.73. The molecule has 2 aromatic carbocycles. The highest BCUT2D eigenvalue weighted by atomic mass is 32.1. The average molecular weight is 709 g/mol. The van der Waals surface area contributed by atoms with Crippen molar-refractivity contribution >= 4 is 45.9 Å². The van der Waals surface area contributed by atoms with E-state index < -0.39 is 0 Å². The van der Waals surface area contributed by atoms with Gasteiger partial charge in [0.25, 0.3) is 11.8 Å². The fourth-order valence-corrected chi connectivity index (χ4v) is 7.96. The van der Waals surface area contributed by atoms with Crippen LogP contribution in [0.2, 0.25) is 0 Å². The van der Waals surface area contributed by atoms with Crippen molar-refractivity contribution in [2.75, 3.05) is 26.3 Å². The molecule has 6 nitrogen and oxygen atoms in total. The van der Waals surface area contributed by atoms with Crippen molar-refractivity contribution < 1.29 is 19.1 Å². The lowest BCUT2D eigenvalue weighted by atomic mass is 10.1. The second kappa shape index (κ2) is 16.7. The van der Waals surface area contributed by atoms with E-state index in [0.29, 0.717) is 49.3 Å². The molecule has 0 fully saturated rings. The van der Waals surface area contributed by atoms with E-state index in [0.717, 1.165) is 71.2 Å². The van der Waals surface area contributed by atoms with E-state index in [2.05, 4.69) is 52.0 Å². The van der Waals surface area contributed by atoms with E-state index in [9.17, 15) is 9.59 Å². The SMILES string of the molecule is CC(C)COc1ccc(CCCCN2C(=O)C3=C(c4cccs4)N(CCCCc4ccc(OCC(C)C)cc4)C(=O)C3=C2c2cccs2)cc1. The Balaban J connectivity index is 1.14. The third-order valence-electron chi connectivity index (χ3n) is 8.90. The van der Waals surface area contributed by atoms with Crippen molar-refractivity contribution in [2.45, 2.75) is 66.2 Å². The van der Waals surface area contributed by atoms with Gasteiger partial charge in [0.15, 0.2) is 0 Å². The summed E-state index contributed by atoms with van der Waals surface area (Å²) in [6.07, 6.45) is 5.39. The summed E-state index contributed by atoms with van der Waals surface area (Å²) in [5.41, 5.74) is 5.18. The first-order valence-electron chi connectivity index (χ1n) is 17.9. The first kappa shape index (κ1) is 35.7. The van der Waals surface area contributed by atoms with E-state index in [4.69, 9.17) is 9.47 Å². The molecule has 4 heterocycles. The molecule has 2 aliphatic heterocycles. The first-order chi connectivity index (χ1) is 24.3. The van der Waals surface area contributed by atoms with Crippen molar-refractivity contribution in [3.63, 3.8) is 0 Å². The number of carbonyl (C=O) groups is 2. The minimum absolute atomic E-state index is 0.0610. The second-order valence-corrected chi connectivity index (χ2v) is 15.8. The quantitative estimate of drug-likeness (QED) is 0.0967. The standard InChI is InChI=1S/C42H48N2O4S2/c1-29(2)27-47-33-19-15-31(16-20-33)11-5-7-23-43-39(35-13-9-25-49-35)37-38(41(43)45)40(36-14-10-26-50-36)44(42(37)46)24-8-6-12-32-17-21-34(22-18-32)48-28-30(3)4/h9-10,13-22,25-26,29-30H,5-8,11-12,23-24,27-28H2,1-4H3. The van der Waals surface area contributed by atoms with Crippen molar-refractivity contribution in [1.29, 1.82) is 0 Å². The van der Waals surface area contributed by atoms with Crippen LogP contribution in [-0.4, -0.2) is 47.9 Å².